The van der Waals surface area contributed by atoms with Crippen molar-refractivity contribution in [1.29, 1.82) is 0 Å². The van der Waals surface area contributed by atoms with Gasteiger partial charge in [0.1, 0.15) is 28.9 Å². The number of rotatable bonds is 4. The van der Waals surface area contributed by atoms with Crippen LogP contribution in [0.4, 0.5) is 0 Å². The van der Waals surface area contributed by atoms with Gasteiger partial charge in [0.15, 0.2) is 5.60 Å². The van der Waals surface area contributed by atoms with Crippen molar-refractivity contribution in [2.45, 2.75) is 55.4 Å². The summed E-state index contributed by atoms with van der Waals surface area (Å²) in [5.74, 6) is 4.11. The number of fused-ring (bicyclic) bond motifs is 11. The Morgan fingerprint density at radius 3 is 2.06 bits per heavy atom. The van der Waals surface area contributed by atoms with E-state index in [1.54, 1.807) is 26.0 Å². The van der Waals surface area contributed by atoms with Gasteiger partial charge >= 0.3 is 0 Å². The van der Waals surface area contributed by atoms with E-state index >= 15 is 0 Å². The van der Waals surface area contributed by atoms with Gasteiger partial charge < -0.3 is 18.9 Å². The summed E-state index contributed by atoms with van der Waals surface area (Å²) in [4.78, 5) is 1.20. The first-order valence-electron chi connectivity index (χ1n) is 16.6. The first kappa shape index (κ1) is 28.8. The summed E-state index contributed by atoms with van der Waals surface area (Å²) in [6, 6.07) is 30.3. The van der Waals surface area contributed by atoms with E-state index in [0.29, 0.717) is 11.4 Å². The second-order valence-electron chi connectivity index (χ2n) is 14.2. The van der Waals surface area contributed by atoms with Gasteiger partial charge in [-0.2, -0.15) is 0 Å². The van der Waals surface area contributed by atoms with Crippen molar-refractivity contribution in [2.75, 3.05) is 20.2 Å². The van der Waals surface area contributed by atoms with E-state index in [0.717, 1.165) is 52.4 Å². The smallest absolute Gasteiger partial charge is 0.178 e. The highest BCUT2D eigenvalue weighted by molar-refractivity contribution is 7.99. The van der Waals surface area contributed by atoms with Crippen molar-refractivity contribution in [2.24, 2.45) is 5.41 Å². The summed E-state index contributed by atoms with van der Waals surface area (Å²) in [6.07, 6.45) is 9.26. The van der Waals surface area contributed by atoms with Crippen LogP contribution >= 0.6 is 11.8 Å². The van der Waals surface area contributed by atoms with Crippen LogP contribution in [-0.2, 0) is 11.0 Å². The lowest BCUT2D eigenvalue weighted by Crippen LogP contribution is -2.37. The van der Waals surface area contributed by atoms with Gasteiger partial charge in [-0.15, -0.1) is 0 Å². The van der Waals surface area contributed by atoms with Crippen molar-refractivity contribution in [3.63, 3.8) is 0 Å². The van der Waals surface area contributed by atoms with Gasteiger partial charge in [0.05, 0.1) is 19.1 Å². The largest absolute Gasteiger partial charge is 0.497 e. The Kier molecular flexibility index (Phi) is 6.33. The molecule has 1 spiro atoms. The topological polar surface area (TPSA) is 36.9 Å². The third-order valence-electron chi connectivity index (χ3n) is 11.2. The van der Waals surface area contributed by atoms with E-state index in [-0.39, 0.29) is 5.41 Å². The van der Waals surface area contributed by atoms with Crippen LogP contribution in [0.3, 0.4) is 0 Å². The maximum atomic E-state index is 7.58. The van der Waals surface area contributed by atoms with E-state index in [9.17, 15) is 0 Å². The molecule has 4 aliphatic rings. The Labute approximate surface area is 280 Å². The summed E-state index contributed by atoms with van der Waals surface area (Å²) in [6.45, 7) is 4.86. The number of ether oxygens (including phenoxy) is 4. The van der Waals surface area contributed by atoms with Crippen molar-refractivity contribution in [1.82, 2.24) is 0 Å². The van der Waals surface area contributed by atoms with Crippen LogP contribution in [0.2, 0.25) is 0 Å². The molecule has 2 aliphatic heterocycles. The lowest BCUT2D eigenvalue weighted by Gasteiger charge is -2.44. The molecule has 0 unspecified atom stereocenters. The molecule has 2 aliphatic carbocycles. The van der Waals surface area contributed by atoms with E-state index in [4.69, 9.17) is 18.9 Å². The first-order chi connectivity index (χ1) is 22.9. The van der Waals surface area contributed by atoms with Crippen molar-refractivity contribution in [3.05, 3.63) is 119 Å². The summed E-state index contributed by atoms with van der Waals surface area (Å²) >= 11 is 1.77. The fourth-order valence-corrected chi connectivity index (χ4v) is 9.36. The molecule has 47 heavy (non-hydrogen) atoms. The molecule has 0 N–H and O–H groups in total. The molecule has 236 valence electrons. The Balaban J connectivity index is 1.35. The molecule has 0 amide bonds. The van der Waals surface area contributed by atoms with E-state index < -0.39 is 5.60 Å². The van der Waals surface area contributed by atoms with Gasteiger partial charge in [-0.1, -0.05) is 80.2 Å². The summed E-state index contributed by atoms with van der Waals surface area (Å²) < 4.78 is 24.8. The quantitative estimate of drug-likeness (QED) is 0.196. The molecule has 5 aromatic rings. The van der Waals surface area contributed by atoms with Gasteiger partial charge in [-0.3, -0.25) is 0 Å². The van der Waals surface area contributed by atoms with Gasteiger partial charge in [0, 0.05) is 27.5 Å². The van der Waals surface area contributed by atoms with Crippen LogP contribution in [0, 0.1) is 5.41 Å². The number of methoxy groups -OCH3 is 2. The van der Waals surface area contributed by atoms with Crippen molar-refractivity contribution < 1.29 is 18.9 Å². The van der Waals surface area contributed by atoms with Crippen LogP contribution in [0.25, 0.3) is 28.0 Å². The monoisotopic (exact) mass is 638 g/mol. The number of thioether (sulfide) groups is 1. The molecule has 1 fully saturated rings. The van der Waals surface area contributed by atoms with Gasteiger partial charge in [-0.05, 0) is 101 Å². The van der Waals surface area contributed by atoms with E-state index in [1.165, 1.54) is 50.9 Å². The molecule has 5 aromatic carbocycles. The number of hydrogen-bond donors (Lipinski definition) is 0. The average Bonchev–Trinajstić information content (AvgIpc) is 3.69. The minimum atomic E-state index is -0.867. The molecule has 2 heterocycles. The SMILES string of the molecule is COc1ccc(C2(c3ccc(OC)cc3)C=Cc3c4c(c5cc6c(cc5c3O2)OCS6)-c2ccccc2C42CCC(C)(C)CC2)cc1. The predicted molar refractivity (Wildman–Crippen MR) is 190 cm³/mol. The molecule has 0 radical (unpaired) electrons. The highest BCUT2D eigenvalue weighted by Crippen LogP contribution is 2.64. The zero-order valence-electron chi connectivity index (χ0n) is 27.3. The van der Waals surface area contributed by atoms with Crippen LogP contribution in [0.15, 0.2) is 95.9 Å². The predicted octanol–water partition coefficient (Wildman–Crippen LogP) is 10.5. The Morgan fingerprint density at radius 2 is 1.40 bits per heavy atom. The molecule has 0 atom stereocenters. The maximum Gasteiger partial charge on any atom is 0.178 e. The van der Waals surface area contributed by atoms with Crippen LogP contribution in [0.1, 0.15) is 67.3 Å². The minimum Gasteiger partial charge on any atom is -0.497 e. The Hall–Kier alpha value is -4.35. The zero-order chi connectivity index (χ0) is 32.0. The van der Waals surface area contributed by atoms with Gasteiger partial charge in [-0.25, -0.2) is 0 Å². The Bertz CT molecular complexity index is 2030. The molecular weight excluding hydrogens is 601 g/mol. The molecule has 4 nitrogen and oxygen atoms in total. The number of hydrogen-bond acceptors (Lipinski definition) is 5. The third kappa shape index (κ3) is 4.15. The summed E-state index contributed by atoms with van der Waals surface area (Å²) in [5, 5.41) is 2.34. The van der Waals surface area contributed by atoms with Crippen LogP contribution in [0.5, 0.6) is 23.0 Å². The highest BCUT2D eigenvalue weighted by Gasteiger charge is 2.50. The van der Waals surface area contributed by atoms with Gasteiger partial charge in [0.2, 0.25) is 0 Å². The molecule has 0 aromatic heterocycles. The maximum absolute atomic E-state index is 7.58. The molecule has 0 saturated heterocycles. The minimum absolute atomic E-state index is 0.0592. The molecule has 0 bridgehead atoms. The van der Waals surface area contributed by atoms with E-state index in [2.05, 4.69) is 86.7 Å². The molecule has 1 saturated carbocycles. The lowest BCUT2D eigenvalue weighted by molar-refractivity contribution is 0.161. The third-order valence-corrected chi connectivity index (χ3v) is 12.1. The zero-order valence-corrected chi connectivity index (χ0v) is 28.1. The fraction of sp³-hybridized carbons (Fsp3) is 0.286. The van der Waals surface area contributed by atoms with Crippen LogP contribution in [-0.4, -0.2) is 20.2 Å². The summed E-state index contributed by atoms with van der Waals surface area (Å²) in [5.41, 5.74) is 8.33. The second kappa shape index (κ2) is 10.3. The van der Waals surface area contributed by atoms with Gasteiger partial charge in [0.25, 0.3) is 0 Å². The van der Waals surface area contributed by atoms with E-state index in [1.807, 2.05) is 24.3 Å². The fourth-order valence-electron chi connectivity index (χ4n) is 8.59. The lowest BCUT2D eigenvalue weighted by atomic mass is 9.60. The standard InChI is InChI=1S/C42H38O4S/c1-40(2)19-21-41(22-20-40)34-8-6-5-7-30(34)37-32-24-36-35(45-25-47-36)23-33(32)39-31(38(37)41)17-18-42(46-39,26-9-13-28(43-3)14-10-26)27-11-15-29(44-4)16-12-27/h5-18,23-24H,19-22,25H2,1-4H3. The normalized spacial score (nSPS) is 18.9. The molecule has 9 rings (SSSR count). The molecular formula is C42H38O4S. The molecule has 5 heteroatoms. The number of benzene rings is 5. The Morgan fingerprint density at radius 1 is 0.745 bits per heavy atom. The van der Waals surface area contributed by atoms with Crippen molar-refractivity contribution >= 4 is 28.6 Å². The first-order valence-corrected chi connectivity index (χ1v) is 17.6. The second-order valence-corrected chi connectivity index (χ2v) is 15.1. The van der Waals surface area contributed by atoms with Crippen LogP contribution < -0.4 is 18.9 Å². The average molecular weight is 639 g/mol. The summed E-state index contributed by atoms with van der Waals surface area (Å²) in [7, 11) is 3.40. The highest BCUT2D eigenvalue weighted by atomic mass is 32.2. The van der Waals surface area contributed by atoms with Crippen molar-refractivity contribution in [3.8, 4) is 34.1 Å².